The molecule has 2 fully saturated rings. The average molecular weight is 391 g/mol. The largest absolute Gasteiger partial charge is 0.444 e. The van der Waals surface area contributed by atoms with Gasteiger partial charge >= 0.3 is 12.1 Å². The number of anilines is 2. The van der Waals surface area contributed by atoms with Gasteiger partial charge in [0.05, 0.1) is 24.3 Å². The van der Waals surface area contributed by atoms with E-state index in [4.69, 9.17) is 9.47 Å². The second kappa shape index (κ2) is 6.96. The van der Waals surface area contributed by atoms with Crippen LogP contribution in [-0.2, 0) is 19.1 Å². The summed E-state index contributed by atoms with van der Waals surface area (Å²) >= 11 is 0. The minimum atomic E-state index is -0.620. The minimum absolute atomic E-state index is 0.0167. The van der Waals surface area contributed by atoms with Crippen molar-refractivity contribution in [3.63, 3.8) is 0 Å². The van der Waals surface area contributed by atoms with Crippen LogP contribution in [0.4, 0.5) is 20.6 Å². The third kappa shape index (κ3) is 3.25. The van der Waals surface area contributed by atoms with Crippen LogP contribution in [0.1, 0.15) is 20.3 Å². The highest BCUT2D eigenvalue weighted by atomic mass is 19.1. The van der Waals surface area contributed by atoms with Crippen molar-refractivity contribution in [2.24, 2.45) is 11.8 Å². The molecule has 0 unspecified atom stereocenters. The Hall–Kier alpha value is -2.84. The first-order chi connectivity index (χ1) is 13.3. The van der Waals surface area contributed by atoms with E-state index in [9.17, 15) is 18.8 Å². The van der Waals surface area contributed by atoms with Crippen LogP contribution in [0.5, 0.6) is 0 Å². The number of rotatable bonds is 2. The first-order valence-electron chi connectivity index (χ1n) is 9.31. The first kappa shape index (κ1) is 18.5. The monoisotopic (exact) mass is 391 g/mol. The molecular formula is C19H22FN3O5. The maximum atomic E-state index is 14.7. The topological polar surface area (TPSA) is 88.2 Å². The number of benzene rings is 1. The molecule has 0 aromatic heterocycles. The molecule has 2 saturated heterocycles. The molecule has 1 aromatic carbocycles. The number of hydrogen-bond acceptors (Lipinski definition) is 6. The summed E-state index contributed by atoms with van der Waals surface area (Å²) in [5.74, 6) is -1.58. The van der Waals surface area contributed by atoms with E-state index in [1.165, 1.54) is 17.9 Å². The van der Waals surface area contributed by atoms with Gasteiger partial charge in [-0.15, -0.1) is 0 Å². The molecule has 0 radical (unpaired) electrons. The number of halogens is 1. The Balaban J connectivity index is 1.68. The number of carbonyl (C=O) groups excluding carboxylic acids is 3. The lowest BCUT2D eigenvalue weighted by atomic mass is 9.97. The summed E-state index contributed by atoms with van der Waals surface area (Å²) in [7, 11) is 0. The molecule has 4 atom stereocenters. The third-order valence-electron chi connectivity index (χ3n) is 5.49. The number of carbonyl (C=O) groups is 3. The van der Waals surface area contributed by atoms with E-state index in [-0.39, 0.29) is 31.3 Å². The molecule has 1 N–H and O–H groups in total. The second-order valence-corrected chi connectivity index (χ2v) is 7.58. The summed E-state index contributed by atoms with van der Waals surface area (Å²) in [6.45, 7) is 4.22. The molecule has 8 nitrogen and oxygen atoms in total. The predicted octanol–water partition coefficient (Wildman–Crippen LogP) is 1.63. The number of ether oxygens (including phenoxy) is 2. The number of fused-ring (bicyclic) bond motifs is 5. The number of esters is 1. The Kier molecular flexibility index (Phi) is 4.60. The van der Waals surface area contributed by atoms with Gasteiger partial charge in [0.25, 0.3) is 0 Å². The SMILES string of the molecule is CC(=O)NC[C@@H]1CC(=O)O[C@H]2[C@@H](C)CN2c2ccc(cc2F)N2C[C@H]1OC2=O. The summed E-state index contributed by atoms with van der Waals surface area (Å²) in [6.07, 6.45) is -1.79. The number of nitrogens with zero attached hydrogens (tertiary/aromatic N) is 2. The zero-order chi connectivity index (χ0) is 20.0. The Morgan fingerprint density at radius 3 is 2.75 bits per heavy atom. The van der Waals surface area contributed by atoms with Gasteiger partial charge in [-0.2, -0.15) is 0 Å². The maximum absolute atomic E-state index is 14.7. The lowest BCUT2D eigenvalue weighted by Gasteiger charge is -2.47. The van der Waals surface area contributed by atoms with Crippen LogP contribution in [0, 0.1) is 17.7 Å². The molecule has 2 amide bonds. The first-order valence-corrected chi connectivity index (χ1v) is 9.31. The molecule has 4 heterocycles. The van der Waals surface area contributed by atoms with Crippen LogP contribution in [0.2, 0.25) is 0 Å². The molecule has 150 valence electrons. The van der Waals surface area contributed by atoms with E-state index in [1.807, 2.05) is 6.92 Å². The van der Waals surface area contributed by atoms with Crippen LogP contribution in [0.25, 0.3) is 0 Å². The number of hydrogen-bond donors (Lipinski definition) is 1. The number of amides is 2. The van der Waals surface area contributed by atoms with E-state index < -0.39 is 36.1 Å². The van der Waals surface area contributed by atoms with Gasteiger partial charge in [0, 0.05) is 31.8 Å². The van der Waals surface area contributed by atoms with Gasteiger partial charge < -0.3 is 19.7 Å². The Morgan fingerprint density at radius 2 is 2.07 bits per heavy atom. The van der Waals surface area contributed by atoms with Gasteiger partial charge in [-0.3, -0.25) is 14.5 Å². The molecule has 28 heavy (non-hydrogen) atoms. The quantitative estimate of drug-likeness (QED) is 0.771. The van der Waals surface area contributed by atoms with E-state index in [1.54, 1.807) is 17.0 Å². The smallest absolute Gasteiger partial charge is 0.414 e. The zero-order valence-corrected chi connectivity index (χ0v) is 15.7. The summed E-state index contributed by atoms with van der Waals surface area (Å²) < 4.78 is 25.8. The highest BCUT2D eigenvalue weighted by Crippen LogP contribution is 2.37. The normalized spacial score (nSPS) is 29.0. The van der Waals surface area contributed by atoms with E-state index in [0.717, 1.165) is 0 Å². The van der Waals surface area contributed by atoms with Crippen LogP contribution in [-0.4, -0.2) is 49.9 Å². The Bertz CT molecular complexity index is 832. The molecule has 5 rings (SSSR count). The van der Waals surface area contributed by atoms with Gasteiger partial charge in [0.15, 0.2) is 6.23 Å². The highest BCUT2D eigenvalue weighted by molar-refractivity contribution is 5.90. The summed E-state index contributed by atoms with van der Waals surface area (Å²) in [5, 5.41) is 2.68. The minimum Gasteiger partial charge on any atom is -0.444 e. The van der Waals surface area contributed by atoms with E-state index >= 15 is 0 Å². The van der Waals surface area contributed by atoms with Gasteiger partial charge in [-0.05, 0) is 18.2 Å². The molecule has 4 aliphatic heterocycles. The van der Waals surface area contributed by atoms with Crippen molar-refractivity contribution in [3.8, 4) is 0 Å². The molecular weight excluding hydrogens is 369 g/mol. The van der Waals surface area contributed by atoms with Crippen molar-refractivity contribution in [2.75, 3.05) is 29.4 Å². The van der Waals surface area contributed by atoms with Crippen molar-refractivity contribution in [1.82, 2.24) is 5.32 Å². The second-order valence-electron chi connectivity index (χ2n) is 7.58. The lowest BCUT2D eigenvalue weighted by Crippen LogP contribution is -2.57. The van der Waals surface area contributed by atoms with Crippen molar-refractivity contribution in [1.29, 1.82) is 0 Å². The van der Waals surface area contributed by atoms with Gasteiger partial charge in [-0.25, -0.2) is 9.18 Å². The molecule has 1 aromatic rings. The van der Waals surface area contributed by atoms with Crippen LogP contribution < -0.4 is 15.1 Å². The van der Waals surface area contributed by atoms with Gasteiger partial charge in [0.2, 0.25) is 5.91 Å². The van der Waals surface area contributed by atoms with Crippen molar-refractivity contribution >= 4 is 29.3 Å². The number of nitrogens with one attached hydrogen (secondary N) is 1. The van der Waals surface area contributed by atoms with E-state index in [0.29, 0.717) is 17.9 Å². The fourth-order valence-electron chi connectivity index (χ4n) is 3.93. The van der Waals surface area contributed by atoms with Crippen LogP contribution in [0.15, 0.2) is 18.2 Å². The van der Waals surface area contributed by atoms with Gasteiger partial charge in [0.1, 0.15) is 11.9 Å². The molecule has 0 aliphatic carbocycles. The molecule has 0 spiro atoms. The predicted molar refractivity (Wildman–Crippen MR) is 97.2 cm³/mol. The fourth-order valence-corrected chi connectivity index (χ4v) is 3.93. The summed E-state index contributed by atoms with van der Waals surface area (Å²) in [6, 6.07) is 4.54. The third-order valence-corrected chi connectivity index (χ3v) is 5.49. The Morgan fingerprint density at radius 1 is 1.29 bits per heavy atom. The summed E-state index contributed by atoms with van der Waals surface area (Å²) in [4.78, 5) is 39.3. The van der Waals surface area contributed by atoms with Crippen LogP contribution in [0.3, 0.4) is 0 Å². The van der Waals surface area contributed by atoms with E-state index in [2.05, 4.69) is 5.32 Å². The van der Waals surface area contributed by atoms with Crippen molar-refractivity contribution < 1.29 is 28.2 Å². The highest BCUT2D eigenvalue weighted by Gasteiger charge is 2.43. The molecule has 4 aliphatic rings. The standard InChI is InChI=1S/C19H22FN3O5/c1-10-8-23-15-4-3-13(6-14(15)20)22-9-16(27-19(22)26)12(7-21-11(2)24)5-17(25)28-18(10)23/h3-4,6,10,12,16,18H,5,7-9H2,1-2H3,(H,21,24)/t10-,12-,16+,18-/m0/s1. The summed E-state index contributed by atoms with van der Waals surface area (Å²) in [5.41, 5.74) is 0.724. The average Bonchev–Trinajstić information content (AvgIpc) is 3.02. The molecule has 4 bridgehead atoms. The molecule has 9 heteroatoms. The van der Waals surface area contributed by atoms with Crippen LogP contribution >= 0.6 is 0 Å². The van der Waals surface area contributed by atoms with Crippen molar-refractivity contribution in [2.45, 2.75) is 32.6 Å². The fraction of sp³-hybridized carbons (Fsp3) is 0.526. The molecule has 0 saturated carbocycles. The zero-order valence-electron chi connectivity index (χ0n) is 15.7. The van der Waals surface area contributed by atoms with Crippen molar-refractivity contribution in [3.05, 3.63) is 24.0 Å². The maximum Gasteiger partial charge on any atom is 0.414 e. The Labute approximate surface area is 161 Å². The lowest BCUT2D eigenvalue weighted by molar-refractivity contribution is -0.157. The van der Waals surface area contributed by atoms with Gasteiger partial charge in [-0.1, -0.05) is 6.92 Å².